The van der Waals surface area contributed by atoms with Gasteiger partial charge in [-0.25, -0.2) is 4.79 Å². The van der Waals surface area contributed by atoms with Gasteiger partial charge in [-0.05, 0) is 38.1 Å². The molecule has 0 aromatic heterocycles. The van der Waals surface area contributed by atoms with E-state index in [1.165, 1.54) is 6.92 Å². The molecule has 102 valence electrons. The third-order valence-corrected chi connectivity index (χ3v) is 3.17. The molecule has 1 aromatic carbocycles. The number of hydrogen-bond acceptors (Lipinski definition) is 3. The van der Waals surface area contributed by atoms with Crippen LogP contribution in [0.2, 0.25) is 0 Å². The number of rotatable bonds is 2. The lowest BCUT2D eigenvalue weighted by Gasteiger charge is -2.33. The molecule has 19 heavy (non-hydrogen) atoms. The molecule has 0 spiro atoms. The number of anilines is 1. The molecule has 1 unspecified atom stereocenters. The second kappa shape index (κ2) is 5.84. The van der Waals surface area contributed by atoms with Crippen molar-refractivity contribution in [1.82, 2.24) is 4.90 Å². The van der Waals surface area contributed by atoms with Crippen molar-refractivity contribution in [1.29, 1.82) is 0 Å². The quantitative estimate of drug-likeness (QED) is 0.831. The molecular formula is C14H18N2O3. The van der Waals surface area contributed by atoms with E-state index in [2.05, 4.69) is 5.32 Å². The highest BCUT2D eigenvalue weighted by molar-refractivity contribution is 5.95. The summed E-state index contributed by atoms with van der Waals surface area (Å²) < 4.78 is 5.30. The highest BCUT2D eigenvalue weighted by Crippen LogP contribution is 2.13. The second-order valence-corrected chi connectivity index (χ2v) is 4.68. The highest BCUT2D eigenvalue weighted by atomic mass is 16.5. The third kappa shape index (κ3) is 3.32. The fourth-order valence-electron chi connectivity index (χ4n) is 2.01. The monoisotopic (exact) mass is 262 g/mol. The van der Waals surface area contributed by atoms with Gasteiger partial charge in [-0.15, -0.1) is 0 Å². The molecule has 1 atom stereocenters. The molecule has 5 nitrogen and oxygen atoms in total. The van der Waals surface area contributed by atoms with Gasteiger partial charge >= 0.3 is 6.03 Å². The topological polar surface area (TPSA) is 58.6 Å². The molecule has 1 aromatic rings. The van der Waals surface area contributed by atoms with Crippen LogP contribution in [0.1, 0.15) is 24.2 Å². The summed E-state index contributed by atoms with van der Waals surface area (Å²) in [4.78, 5) is 25.0. The van der Waals surface area contributed by atoms with Crippen LogP contribution in [0.4, 0.5) is 10.5 Å². The van der Waals surface area contributed by atoms with Crippen molar-refractivity contribution >= 4 is 17.5 Å². The van der Waals surface area contributed by atoms with Gasteiger partial charge < -0.3 is 15.0 Å². The number of urea groups is 1. The first-order chi connectivity index (χ1) is 9.08. The van der Waals surface area contributed by atoms with Gasteiger partial charge in [0.15, 0.2) is 5.78 Å². The molecule has 1 fully saturated rings. The van der Waals surface area contributed by atoms with Crippen LogP contribution < -0.4 is 5.32 Å². The van der Waals surface area contributed by atoms with Crippen molar-refractivity contribution in [2.75, 3.05) is 25.1 Å². The number of carbonyl (C=O) groups excluding carboxylic acids is 2. The summed E-state index contributed by atoms with van der Waals surface area (Å²) in [5.41, 5.74) is 1.33. The average molecular weight is 262 g/mol. The number of amides is 2. The van der Waals surface area contributed by atoms with E-state index in [4.69, 9.17) is 4.74 Å². The lowest BCUT2D eigenvalue weighted by molar-refractivity contribution is 0.0222. The molecule has 1 saturated heterocycles. The molecule has 0 saturated carbocycles. The molecule has 2 rings (SSSR count). The van der Waals surface area contributed by atoms with E-state index in [0.29, 0.717) is 31.0 Å². The van der Waals surface area contributed by atoms with Gasteiger partial charge in [0.25, 0.3) is 0 Å². The van der Waals surface area contributed by atoms with Crippen molar-refractivity contribution in [3.8, 4) is 0 Å². The first-order valence-electron chi connectivity index (χ1n) is 6.34. The van der Waals surface area contributed by atoms with Crippen LogP contribution in [0.25, 0.3) is 0 Å². The molecule has 0 bridgehead atoms. The summed E-state index contributed by atoms with van der Waals surface area (Å²) in [6.45, 7) is 5.21. The standard InChI is InChI=1S/C14H18N2O3/c1-10-9-19-8-7-16(10)14(18)15-13-5-3-12(4-6-13)11(2)17/h3-6,10H,7-9H2,1-2H3,(H,15,18). The summed E-state index contributed by atoms with van der Waals surface area (Å²) in [5.74, 6) is 0.0136. The Morgan fingerprint density at radius 1 is 1.32 bits per heavy atom. The number of carbonyl (C=O) groups is 2. The number of ketones is 1. The number of nitrogens with zero attached hydrogens (tertiary/aromatic N) is 1. The zero-order valence-electron chi connectivity index (χ0n) is 11.2. The summed E-state index contributed by atoms with van der Waals surface area (Å²) in [6, 6.07) is 6.83. The molecular weight excluding hydrogens is 244 g/mol. The smallest absolute Gasteiger partial charge is 0.322 e. The first-order valence-corrected chi connectivity index (χ1v) is 6.34. The lowest BCUT2D eigenvalue weighted by atomic mass is 10.1. The van der Waals surface area contributed by atoms with E-state index < -0.39 is 0 Å². The lowest BCUT2D eigenvalue weighted by Crippen LogP contribution is -2.48. The SMILES string of the molecule is CC(=O)c1ccc(NC(=O)N2CCOCC2C)cc1. The maximum atomic E-state index is 12.1. The molecule has 0 aliphatic carbocycles. The zero-order valence-corrected chi connectivity index (χ0v) is 11.2. The summed E-state index contributed by atoms with van der Waals surface area (Å²) in [5, 5.41) is 2.83. The molecule has 1 heterocycles. The van der Waals surface area contributed by atoms with Crippen LogP contribution in [-0.2, 0) is 4.74 Å². The van der Waals surface area contributed by atoms with Crippen molar-refractivity contribution in [3.05, 3.63) is 29.8 Å². The van der Waals surface area contributed by atoms with E-state index in [1.807, 2.05) is 6.92 Å². The van der Waals surface area contributed by atoms with Gasteiger partial charge in [0, 0.05) is 17.8 Å². The van der Waals surface area contributed by atoms with E-state index in [9.17, 15) is 9.59 Å². The predicted molar refractivity (Wildman–Crippen MR) is 72.5 cm³/mol. The zero-order chi connectivity index (χ0) is 13.8. The largest absolute Gasteiger partial charge is 0.377 e. The minimum absolute atomic E-state index is 0.0136. The average Bonchev–Trinajstić information content (AvgIpc) is 2.39. The Hall–Kier alpha value is -1.88. The molecule has 5 heteroatoms. The van der Waals surface area contributed by atoms with Gasteiger partial charge in [-0.3, -0.25) is 4.79 Å². The van der Waals surface area contributed by atoms with E-state index >= 15 is 0 Å². The Labute approximate surface area is 112 Å². The number of nitrogens with one attached hydrogen (secondary N) is 1. The molecule has 2 amide bonds. The van der Waals surface area contributed by atoms with Gasteiger partial charge in [0.1, 0.15) is 0 Å². The number of Topliss-reactive ketones (excluding diaryl/α,β-unsaturated/α-hetero) is 1. The Morgan fingerprint density at radius 2 is 2.00 bits per heavy atom. The van der Waals surface area contributed by atoms with E-state index in [0.717, 1.165) is 0 Å². The first kappa shape index (κ1) is 13.5. The van der Waals surface area contributed by atoms with Crippen molar-refractivity contribution < 1.29 is 14.3 Å². The minimum Gasteiger partial charge on any atom is -0.377 e. The van der Waals surface area contributed by atoms with Gasteiger partial charge in [0.05, 0.1) is 19.3 Å². The van der Waals surface area contributed by atoms with Crippen LogP contribution in [-0.4, -0.2) is 42.5 Å². The third-order valence-electron chi connectivity index (χ3n) is 3.17. The number of morpholine rings is 1. The fraction of sp³-hybridized carbons (Fsp3) is 0.429. The molecule has 1 aliphatic rings. The number of benzene rings is 1. The minimum atomic E-state index is -0.133. The maximum Gasteiger partial charge on any atom is 0.322 e. The maximum absolute atomic E-state index is 12.1. The fourth-order valence-corrected chi connectivity index (χ4v) is 2.01. The van der Waals surface area contributed by atoms with Gasteiger partial charge in [-0.2, -0.15) is 0 Å². The van der Waals surface area contributed by atoms with Crippen molar-refractivity contribution in [3.63, 3.8) is 0 Å². The predicted octanol–water partition coefficient (Wildman–Crippen LogP) is 2.14. The van der Waals surface area contributed by atoms with Crippen LogP contribution in [0.5, 0.6) is 0 Å². The second-order valence-electron chi connectivity index (χ2n) is 4.68. The van der Waals surface area contributed by atoms with Crippen LogP contribution in [0, 0.1) is 0 Å². The van der Waals surface area contributed by atoms with E-state index in [-0.39, 0.29) is 17.9 Å². The summed E-state index contributed by atoms with van der Waals surface area (Å²) in [7, 11) is 0. The van der Waals surface area contributed by atoms with Gasteiger partial charge in [0.2, 0.25) is 0 Å². The Balaban J connectivity index is 2.00. The molecule has 0 radical (unpaired) electrons. The van der Waals surface area contributed by atoms with Crippen LogP contribution >= 0.6 is 0 Å². The summed E-state index contributed by atoms with van der Waals surface area (Å²) in [6.07, 6.45) is 0. The molecule has 1 aliphatic heterocycles. The Bertz CT molecular complexity index is 470. The number of hydrogen-bond donors (Lipinski definition) is 1. The van der Waals surface area contributed by atoms with Crippen LogP contribution in [0.3, 0.4) is 0 Å². The van der Waals surface area contributed by atoms with Crippen molar-refractivity contribution in [2.45, 2.75) is 19.9 Å². The van der Waals surface area contributed by atoms with E-state index in [1.54, 1.807) is 29.2 Å². The molecule has 1 N–H and O–H groups in total. The Morgan fingerprint density at radius 3 is 2.58 bits per heavy atom. The summed E-state index contributed by atoms with van der Waals surface area (Å²) >= 11 is 0. The van der Waals surface area contributed by atoms with Crippen LogP contribution in [0.15, 0.2) is 24.3 Å². The highest BCUT2D eigenvalue weighted by Gasteiger charge is 2.23. The normalized spacial score (nSPS) is 19.1. The van der Waals surface area contributed by atoms with Crippen molar-refractivity contribution in [2.24, 2.45) is 0 Å². The number of ether oxygens (including phenoxy) is 1. The Kier molecular flexibility index (Phi) is 4.16. The van der Waals surface area contributed by atoms with Gasteiger partial charge in [-0.1, -0.05) is 0 Å².